The van der Waals surface area contributed by atoms with Gasteiger partial charge < -0.3 is 19.3 Å². The minimum Gasteiger partial charge on any atom is -0.456 e. The largest absolute Gasteiger partial charge is 0.456 e. The Kier molecular flexibility index (Phi) is 10.7. The first-order chi connectivity index (χ1) is 18.2. The third-order valence-corrected chi connectivity index (χ3v) is 6.76. The third kappa shape index (κ3) is 8.37. The van der Waals surface area contributed by atoms with E-state index >= 15 is 0 Å². The molecule has 1 aliphatic carbocycles. The van der Waals surface area contributed by atoms with Crippen molar-refractivity contribution in [2.24, 2.45) is 0 Å². The van der Waals surface area contributed by atoms with Crippen molar-refractivity contribution in [3.63, 3.8) is 0 Å². The number of pyridine rings is 2. The fourth-order valence-corrected chi connectivity index (χ4v) is 4.24. The first kappa shape index (κ1) is 30.3. The summed E-state index contributed by atoms with van der Waals surface area (Å²) >= 11 is 11.6. The number of halogens is 4. The monoisotopic (exact) mass is 582 g/mol. The summed E-state index contributed by atoms with van der Waals surface area (Å²) in [4.78, 5) is 34.0. The summed E-state index contributed by atoms with van der Waals surface area (Å²) in [6, 6.07) is 3.61. The molecule has 3 aliphatic rings. The molecule has 2 aromatic rings. The molecule has 0 unspecified atom stereocenters. The first-order valence-corrected chi connectivity index (χ1v) is 12.7. The van der Waals surface area contributed by atoms with Gasteiger partial charge in [0.15, 0.2) is 0 Å². The Morgan fingerprint density at radius 1 is 0.974 bits per heavy atom. The van der Waals surface area contributed by atoms with Crippen molar-refractivity contribution in [3.05, 3.63) is 80.9 Å². The fourth-order valence-electron chi connectivity index (χ4n) is 3.95. The molecule has 4 heterocycles. The summed E-state index contributed by atoms with van der Waals surface area (Å²) in [6.45, 7) is 2.71. The summed E-state index contributed by atoms with van der Waals surface area (Å²) in [7, 11) is 0. The maximum Gasteiger partial charge on any atom is 0.333 e. The van der Waals surface area contributed by atoms with Crippen LogP contribution in [0.2, 0.25) is 10.2 Å². The number of hydrogen-bond donors (Lipinski definition) is 0. The zero-order valence-electron chi connectivity index (χ0n) is 20.6. The zero-order valence-corrected chi connectivity index (χ0v) is 22.1. The van der Waals surface area contributed by atoms with Crippen molar-refractivity contribution in [2.45, 2.75) is 46.3 Å². The van der Waals surface area contributed by atoms with Crippen LogP contribution in [-0.2, 0) is 32.2 Å². The second-order valence-corrected chi connectivity index (χ2v) is 9.75. The predicted octanol–water partition coefficient (Wildman–Crippen LogP) is 5.17. The molecule has 2 aromatic heterocycles. The van der Waals surface area contributed by atoms with Crippen molar-refractivity contribution >= 4 is 35.1 Å². The third-order valence-electron chi connectivity index (χ3n) is 6.07. The summed E-state index contributed by atoms with van der Waals surface area (Å²) in [6.07, 6.45) is 8.35. The minimum absolute atomic E-state index is 0. The molecule has 210 valence electrons. The Hall–Kier alpha value is -3.24. The van der Waals surface area contributed by atoms with E-state index in [4.69, 9.17) is 32.7 Å². The Morgan fingerprint density at radius 3 is 2.13 bits per heavy atom. The number of cyclic esters (lactones) is 2. The highest BCUT2D eigenvalue weighted by Crippen LogP contribution is 2.33. The van der Waals surface area contributed by atoms with E-state index in [0.29, 0.717) is 42.2 Å². The molecule has 8 nitrogen and oxygen atoms in total. The second kappa shape index (κ2) is 13.7. The lowest BCUT2D eigenvalue weighted by Crippen LogP contribution is -2.26. The summed E-state index contributed by atoms with van der Waals surface area (Å²) < 4.78 is 35.9. The van der Waals surface area contributed by atoms with Gasteiger partial charge in [0.2, 0.25) is 0 Å². The van der Waals surface area contributed by atoms with Crippen LogP contribution in [0.5, 0.6) is 0 Å². The van der Waals surface area contributed by atoms with Crippen LogP contribution >= 0.6 is 23.2 Å². The molecule has 0 aromatic carbocycles. The highest BCUT2D eigenvalue weighted by molar-refractivity contribution is 6.41. The number of carbonyl (C=O) groups is 2. The first-order valence-electron chi connectivity index (χ1n) is 12.0. The van der Waals surface area contributed by atoms with Gasteiger partial charge >= 0.3 is 11.9 Å². The lowest BCUT2D eigenvalue weighted by Gasteiger charge is -2.24. The normalized spacial score (nSPS) is 15.8. The van der Waals surface area contributed by atoms with Gasteiger partial charge in [-0.2, -0.15) is 0 Å². The smallest absolute Gasteiger partial charge is 0.333 e. The number of rotatable bonds is 9. The van der Waals surface area contributed by atoms with Crippen LogP contribution in [0.1, 0.15) is 37.1 Å². The van der Waals surface area contributed by atoms with Crippen LogP contribution < -0.4 is 0 Å². The van der Waals surface area contributed by atoms with Crippen molar-refractivity contribution in [3.8, 4) is 0 Å². The standard InChI is InChI=1S/C14H15FN2O2.C12H11Cl2FN2O2.CH4/c1-9-13(15)4-10(6-16-9)7-17(11-2-3-11)12-5-14(18)19-8-12;13-10-3-8(5-16-12(10)14)6-17(2-1-15)9-4-11(18)19-7-9;/h4-6,11H,2-3,7-8H2,1H3;3-5H,1-2,6-7H2;1H4. The number of ether oxygens (including phenoxy) is 2. The van der Waals surface area contributed by atoms with Crippen LogP contribution in [0.3, 0.4) is 0 Å². The van der Waals surface area contributed by atoms with Crippen LogP contribution in [0.25, 0.3) is 0 Å². The van der Waals surface area contributed by atoms with Gasteiger partial charge in [-0.05, 0) is 43.0 Å². The second-order valence-electron chi connectivity index (χ2n) is 8.98. The predicted molar refractivity (Wildman–Crippen MR) is 143 cm³/mol. The van der Waals surface area contributed by atoms with Crippen molar-refractivity contribution < 1.29 is 27.8 Å². The molecule has 0 radical (unpaired) electrons. The number of alkyl halides is 1. The Morgan fingerprint density at radius 2 is 1.59 bits per heavy atom. The lowest BCUT2D eigenvalue weighted by molar-refractivity contribution is -0.136. The Labute approximate surface area is 236 Å². The summed E-state index contributed by atoms with van der Waals surface area (Å²) in [5.74, 6) is -0.999. The molecule has 1 saturated carbocycles. The van der Waals surface area contributed by atoms with Crippen molar-refractivity contribution in [2.75, 3.05) is 26.4 Å². The zero-order chi connectivity index (χ0) is 27.2. The minimum atomic E-state index is -0.527. The molecule has 0 bridgehead atoms. The Bertz CT molecular complexity index is 1270. The molecule has 5 rings (SSSR count). The fraction of sp³-hybridized carbons (Fsp3) is 0.407. The average molecular weight is 583 g/mol. The van der Waals surface area contributed by atoms with Gasteiger partial charge in [0, 0.05) is 50.2 Å². The molecule has 12 heteroatoms. The molecule has 0 amide bonds. The SMILES string of the molecule is C.Cc1ncc(CN(C2=CC(=O)OC2)C2CC2)cc1F.O=C1C=C(N(CCF)Cc2cnc(Cl)c(Cl)c2)CO1. The van der Waals surface area contributed by atoms with Crippen molar-refractivity contribution in [1.29, 1.82) is 0 Å². The number of carbonyl (C=O) groups excluding carboxylic acids is 2. The van der Waals surface area contributed by atoms with Gasteiger partial charge in [-0.3, -0.25) is 4.98 Å². The summed E-state index contributed by atoms with van der Waals surface area (Å²) in [5.41, 5.74) is 3.53. The number of aromatic nitrogens is 2. The van der Waals surface area contributed by atoms with E-state index in [-0.39, 0.29) is 37.5 Å². The van der Waals surface area contributed by atoms with E-state index < -0.39 is 12.6 Å². The number of aryl methyl sites for hydroxylation is 1. The Balaban J connectivity index is 0.000000210. The number of esters is 2. The molecule has 0 N–H and O–H groups in total. The number of nitrogens with zero attached hydrogens (tertiary/aromatic N) is 4. The molecule has 0 saturated heterocycles. The van der Waals surface area contributed by atoms with E-state index in [2.05, 4.69) is 14.9 Å². The van der Waals surface area contributed by atoms with Gasteiger partial charge in [0.05, 0.1) is 22.1 Å². The molecule has 0 spiro atoms. The molecule has 39 heavy (non-hydrogen) atoms. The number of hydrogen-bond acceptors (Lipinski definition) is 8. The van der Waals surface area contributed by atoms with Gasteiger partial charge in [0.25, 0.3) is 0 Å². The van der Waals surface area contributed by atoms with Gasteiger partial charge in [-0.1, -0.05) is 30.6 Å². The van der Waals surface area contributed by atoms with E-state index in [1.54, 1.807) is 30.3 Å². The molecule has 0 atom stereocenters. The maximum atomic E-state index is 13.5. The van der Waals surface area contributed by atoms with E-state index in [1.807, 2.05) is 0 Å². The van der Waals surface area contributed by atoms with E-state index in [0.717, 1.165) is 29.7 Å². The highest BCUT2D eigenvalue weighted by atomic mass is 35.5. The topological polar surface area (TPSA) is 84.9 Å². The lowest BCUT2D eigenvalue weighted by atomic mass is 10.2. The van der Waals surface area contributed by atoms with Gasteiger partial charge in [0.1, 0.15) is 30.9 Å². The van der Waals surface area contributed by atoms with Crippen LogP contribution in [0.4, 0.5) is 8.78 Å². The summed E-state index contributed by atoms with van der Waals surface area (Å²) in [5, 5.41) is 0.563. The molecule has 1 fully saturated rings. The van der Waals surface area contributed by atoms with Gasteiger partial charge in [-0.15, -0.1) is 0 Å². The maximum absolute atomic E-state index is 13.5. The average Bonchev–Trinajstić information content (AvgIpc) is 3.49. The van der Waals surface area contributed by atoms with Gasteiger partial charge in [-0.25, -0.2) is 23.4 Å². The molecule has 2 aliphatic heterocycles. The highest BCUT2D eigenvalue weighted by Gasteiger charge is 2.33. The molecular formula is C27H30Cl2F2N4O4. The van der Waals surface area contributed by atoms with Crippen molar-refractivity contribution in [1.82, 2.24) is 19.8 Å². The van der Waals surface area contributed by atoms with Crippen LogP contribution in [0, 0.1) is 12.7 Å². The van der Waals surface area contributed by atoms with Crippen LogP contribution in [-0.4, -0.2) is 64.2 Å². The molecular weight excluding hydrogens is 553 g/mol. The van der Waals surface area contributed by atoms with Crippen LogP contribution in [0.15, 0.2) is 48.1 Å². The quantitative estimate of drug-likeness (QED) is 0.296. The van der Waals surface area contributed by atoms with E-state index in [1.165, 1.54) is 18.2 Å². The van der Waals surface area contributed by atoms with E-state index in [9.17, 15) is 18.4 Å².